The fourth-order valence-corrected chi connectivity index (χ4v) is 2.99. The normalized spacial score (nSPS) is 10.9. The number of amides is 1. The van der Waals surface area contributed by atoms with Crippen LogP contribution in [0.25, 0.3) is 11.3 Å². The number of benzene rings is 2. The summed E-state index contributed by atoms with van der Waals surface area (Å²) < 4.78 is 5.51. The average molecular weight is 448 g/mol. The molecule has 30 heavy (non-hydrogen) atoms. The highest BCUT2D eigenvalue weighted by Gasteiger charge is 2.19. The molecule has 3 rings (SSSR count). The zero-order valence-corrected chi connectivity index (χ0v) is 16.3. The van der Waals surface area contributed by atoms with Crippen LogP contribution in [0.15, 0.2) is 58.0 Å². The molecule has 0 bridgehead atoms. The van der Waals surface area contributed by atoms with Crippen LogP contribution in [-0.2, 0) is 0 Å². The number of non-ortho nitro benzene ring substituents is 1. The van der Waals surface area contributed by atoms with Crippen LogP contribution in [0.1, 0.15) is 26.5 Å². The summed E-state index contributed by atoms with van der Waals surface area (Å²) in [6, 6.07) is 10.8. The van der Waals surface area contributed by atoms with Crippen molar-refractivity contribution in [1.29, 1.82) is 0 Å². The molecule has 1 heterocycles. The summed E-state index contributed by atoms with van der Waals surface area (Å²) in [4.78, 5) is 33.7. The van der Waals surface area contributed by atoms with Crippen molar-refractivity contribution in [2.24, 2.45) is 5.10 Å². The molecule has 0 spiro atoms. The number of nitrogens with zero attached hydrogens (tertiary/aromatic N) is 2. The first kappa shape index (κ1) is 21.0. The number of hydrogen-bond acceptors (Lipinski definition) is 6. The molecule has 2 aromatic carbocycles. The second kappa shape index (κ2) is 8.76. The third-order valence-electron chi connectivity index (χ3n) is 3.87. The Morgan fingerprint density at radius 2 is 1.87 bits per heavy atom. The minimum absolute atomic E-state index is 0.157. The van der Waals surface area contributed by atoms with Gasteiger partial charge in [-0.25, -0.2) is 10.2 Å². The molecule has 1 amide bonds. The molecule has 152 valence electrons. The molecule has 0 radical (unpaired) electrons. The van der Waals surface area contributed by atoms with Gasteiger partial charge < -0.3 is 9.52 Å². The maximum atomic E-state index is 12.1. The summed E-state index contributed by atoms with van der Waals surface area (Å²) in [5.41, 5.74) is 1.98. The van der Waals surface area contributed by atoms with Crippen molar-refractivity contribution in [1.82, 2.24) is 5.43 Å². The van der Waals surface area contributed by atoms with Gasteiger partial charge in [0, 0.05) is 22.7 Å². The van der Waals surface area contributed by atoms with Crippen molar-refractivity contribution < 1.29 is 24.0 Å². The highest BCUT2D eigenvalue weighted by molar-refractivity contribution is 6.36. The number of rotatable bonds is 6. The van der Waals surface area contributed by atoms with E-state index in [0.29, 0.717) is 5.02 Å². The molecule has 2 N–H and O–H groups in total. The van der Waals surface area contributed by atoms with Crippen LogP contribution < -0.4 is 5.43 Å². The topological polar surface area (TPSA) is 135 Å². The number of hydrogen-bond donors (Lipinski definition) is 2. The quantitative estimate of drug-likeness (QED) is 0.321. The number of aromatic carboxylic acids is 1. The van der Waals surface area contributed by atoms with Gasteiger partial charge in [0.1, 0.15) is 11.5 Å². The van der Waals surface area contributed by atoms with E-state index in [1.165, 1.54) is 48.7 Å². The number of hydrazone groups is 1. The Bertz CT molecular complexity index is 1190. The van der Waals surface area contributed by atoms with Crippen LogP contribution in [-0.4, -0.2) is 28.1 Å². The standard InChI is InChI=1S/C19H11Cl2N3O6/c20-10-1-4-14(16(21)7-10)18(25)23-22-9-12-3-6-17(30-12)13-5-2-11(24(28)29)8-15(13)19(26)27/h1-9H,(H,23,25)(H,26,27)/b22-9-. The van der Waals surface area contributed by atoms with Gasteiger partial charge in [-0.1, -0.05) is 23.2 Å². The summed E-state index contributed by atoms with van der Waals surface area (Å²) in [6.45, 7) is 0. The number of furan rings is 1. The maximum Gasteiger partial charge on any atom is 0.336 e. The number of nitro benzene ring substituents is 1. The lowest BCUT2D eigenvalue weighted by Crippen LogP contribution is -2.17. The second-order valence-electron chi connectivity index (χ2n) is 5.82. The zero-order valence-electron chi connectivity index (χ0n) is 14.8. The average Bonchev–Trinajstić information content (AvgIpc) is 3.16. The van der Waals surface area contributed by atoms with Gasteiger partial charge in [-0.15, -0.1) is 0 Å². The molecule has 0 fully saturated rings. The Kier molecular flexibility index (Phi) is 6.14. The molecule has 0 atom stereocenters. The van der Waals surface area contributed by atoms with Crippen molar-refractivity contribution in [2.45, 2.75) is 0 Å². The van der Waals surface area contributed by atoms with Gasteiger partial charge in [0.05, 0.1) is 27.3 Å². The Morgan fingerprint density at radius 3 is 2.53 bits per heavy atom. The van der Waals surface area contributed by atoms with Crippen LogP contribution >= 0.6 is 23.2 Å². The number of carbonyl (C=O) groups is 2. The van der Waals surface area contributed by atoms with E-state index in [2.05, 4.69) is 10.5 Å². The molecule has 11 heteroatoms. The molecule has 9 nitrogen and oxygen atoms in total. The maximum absolute atomic E-state index is 12.1. The van der Waals surface area contributed by atoms with Crippen LogP contribution in [0, 0.1) is 10.1 Å². The van der Waals surface area contributed by atoms with Gasteiger partial charge in [0.2, 0.25) is 0 Å². The van der Waals surface area contributed by atoms with E-state index in [4.69, 9.17) is 27.6 Å². The summed E-state index contributed by atoms with van der Waals surface area (Å²) in [5.74, 6) is -1.53. The number of carbonyl (C=O) groups excluding carboxylic acids is 1. The summed E-state index contributed by atoms with van der Waals surface area (Å²) in [7, 11) is 0. The second-order valence-corrected chi connectivity index (χ2v) is 6.66. The lowest BCUT2D eigenvalue weighted by Gasteiger charge is -2.03. The van der Waals surface area contributed by atoms with Crippen LogP contribution in [0.2, 0.25) is 10.0 Å². The number of carboxylic acid groups (broad SMARTS) is 1. The Hall–Kier alpha value is -3.69. The van der Waals surface area contributed by atoms with E-state index in [-0.39, 0.29) is 38.9 Å². The molecule has 1 aromatic heterocycles. The van der Waals surface area contributed by atoms with Crippen molar-refractivity contribution in [3.05, 3.63) is 85.6 Å². The molecule has 0 aliphatic rings. The molecule has 0 unspecified atom stereocenters. The Morgan fingerprint density at radius 1 is 1.10 bits per heavy atom. The van der Waals surface area contributed by atoms with Crippen molar-refractivity contribution in [3.63, 3.8) is 0 Å². The first-order chi connectivity index (χ1) is 14.3. The SMILES string of the molecule is O=C(N/N=C\c1ccc(-c2ccc([N+](=O)[O-])cc2C(=O)O)o1)c1ccc(Cl)cc1Cl. The van der Waals surface area contributed by atoms with Gasteiger partial charge in [0.25, 0.3) is 11.6 Å². The molecule has 0 aliphatic heterocycles. The molecule has 3 aromatic rings. The van der Waals surface area contributed by atoms with E-state index >= 15 is 0 Å². The van der Waals surface area contributed by atoms with Crippen molar-refractivity contribution >= 4 is 47.0 Å². The molecule has 0 saturated carbocycles. The number of halogens is 2. The van der Waals surface area contributed by atoms with Gasteiger partial charge >= 0.3 is 5.97 Å². The van der Waals surface area contributed by atoms with E-state index in [0.717, 1.165) is 6.07 Å². The first-order valence-corrected chi connectivity index (χ1v) is 8.92. The number of carboxylic acids is 1. The predicted molar refractivity (Wildman–Crippen MR) is 109 cm³/mol. The first-order valence-electron chi connectivity index (χ1n) is 8.16. The van der Waals surface area contributed by atoms with Crippen LogP contribution in [0.4, 0.5) is 5.69 Å². The van der Waals surface area contributed by atoms with E-state index in [1.807, 2.05) is 0 Å². The van der Waals surface area contributed by atoms with Gasteiger partial charge in [0.15, 0.2) is 0 Å². The monoisotopic (exact) mass is 447 g/mol. The third-order valence-corrected chi connectivity index (χ3v) is 4.42. The minimum atomic E-state index is -1.34. The summed E-state index contributed by atoms with van der Waals surface area (Å²) in [6.07, 6.45) is 1.21. The molecular formula is C19H11Cl2N3O6. The summed E-state index contributed by atoms with van der Waals surface area (Å²) in [5, 5.41) is 24.5. The van der Waals surface area contributed by atoms with E-state index < -0.39 is 16.8 Å². The smallest absolute Gasteiger partial charge is 0.336 e. The van der Waals surface area contributed by atoms with E-state index in [1.54, 1.807) is 0 Å². The lowest BCUT2D eigenvalue weighted by molar-refractivity contribution is -0.384. The van der Waals surface area contributed by atoms with E-state index in [9.17, 15) is 24.8 Å². The number of nitrogens with one attached hydrogen (secondary N) is 1. The van der Waals surface area contributed by atoms with Crippen LogP contribution in [0.3, 0.4) is 0 Å². The predicted octanol–water partition coefficient (Wildman–Crippen LogP) is 4.62. The van der Waals surface area contributed by atoms with Gasteiger partial charge in [-0.3, -0.25) is 14.9 Å². The fourth-order valence-electron chi connectivity index (χ4n) is 2.49. The Labute approximate surface area is 178 Å². The van der Waals surface area contributed by atoms with Gasteiger partial charge in [-0.2, -0.15) is 5.10 Å². The highest BCUT2D eigenvalue weighted by Crippen LogP contribution is 2.29. The molecule has 0 saturated heterocycles. The Balaban J connectivity index is 1.77. The minimum Gasteiger partial charge on any atom is -0.478 e. The zero-order chi connectivity index (χ0) is 21.8. The van der Waals surface area contributed by atoms with Gasteiger partial charge in [-0.05, 0) is 36.4 Å². The summed E-state index contributed by atoms with van der Waals surface area (Å²) >= 11 is 11.7. The van der Waals surface area contributed by atoms with Crippen molar-refractivity contribution in [2.75, 3.05) is 0 Å². The van der Waals surface area contributed by atoms with Crippen LogP contribution in [0.5, 0.6) is 0 Å². The third kappa shape index (κ3) is 4.65. The largest absolute Gasteiger partial charge is 0.478 e. The molecular weight excluding hydrogens is 437 g/mol. The lowest BCUT2D eigenvalue weighted by atomic mass is 10.0. The van der Waals surface area contributed by atoms with Crippen molar-refractivity contribution in [3.8, 4) is 11.3 Å². The fraction of sp³-hybridized carbons (Fsp3) is 0. The highest BCUT2D eigenvalue weighted by atomic mass is 35.5. The molecule has 0 aliphatic carbocycles. The number of nitro groups is 1.